The number of aliphatic hydroxyl groups is 1. The molecule has 1 aromatic carbocycles. The van der Waals surface area contributed by atoms with Crippen LogP contribution in [0, 0.1) is 5.92 Å². The predicted molar refractivity (Wildman–Crippen MR) is 73.4 cm³/mol. The normalized spacial score (nSPS) is 33.1. The Hall–Kier alpha value is -0.860. The second kappa shape index (κ2) is 5.02. The molecule has 1 aromatic rings. The zero-order valence-corrected chi connectivity index (χ0v) is 11.0. The van der Waals surface area contributed by atoms with Crippen molar-refractivity contribution < 1.29 is 5.11 Å². The zero-order chi connectivity index (χ0) is 12.4. The lowest BCUT2D eigenvalue weighted by atomic mass is 9.83. The first-order valence-corrected chi connectivity index (χ1v) is 7.29. The van der Waals surface area contributed by atoms with Crippen LogP contribution in [-0.2, 0) is 5.60 Å². The van der Waals surface area contributed by atoms with Gasteiger partial charge >= 0.3 is 0 Å². The first-order chi connectivity index (χ1) is 8.79. The largest absolute Gasteiger partial charge is 0.385 e. The molecule has 2 unspecified atom stereocenters. The van der Waals surface area contributed by atoms with Gasteiger partial charge in [-0.1, -0.05) is 30.3 Å². The highest BCUT2D eigenvalue weighted by Gasteiger charge is 2.43. The third-order valence-corrected chi connectivity index (χ3v) is 4.74. The van der Waals surface area contributed by atoms with Crippen molar-refractivity contribution in [3.05, 3.63) is 35.9 Å². The van der Waals surface area contributed by atoms with Crippen molar-refractivity contribution in [2.24, 2.45) is 5.92 Å². The van der Waals surface area contributed by atoms with Crippen LogP contribution in [0.3, 0.4) is 0 Å². The van der Waals surface area contributed by atoms with Crippen molar-refractivity contribution in [3.8, 4) is 0 Å². The van der Waals surface area contributed by atoms with E-state index in [1.54, 1.807) is 0 Å². The molecule has 2 atom stereocenters. The highest BCUT2D eigenvalue weighted by Crippen LogP contribution is 2.44. The van der Waals surface area contributed by atoms with Gasteiger partial charge in [0.05, 0.1) is 5.60 Å². The van der Waals surface area contributed by atoms with E-state index < -0.39 is 5.60 Å². The number of rotatable bonds is 3. The fraction of sp³-hybridized carbons (Fsp3) is 0.625. The maximum atomic E-state index is 11.1. The van der Waals surface area contributed by atoms with Gasteiger partial charge in [-0.15, -0.1) is 0 Å². The summed E-state index contributed by atoms with van der Waals surface area (Å²) in [7, 11) is 0. The molecule has 3 rings (SSSR count). The summed E-state index contributed by atoms with van der Waals surface area (Å²) in [5.74, 6) is 0.415. The van der Waals surface area contributed by atoms with E-state index in [0.717, 1.165) is 24.9 Å². The highest BCUT2D eigenvalue weighted by atomic mass is 16.3. The molecule has 1 N–H and O–H groups in total. The maximum absolute atomic E-state index is 11.1. The summed E-state index contributed by atoms with van der Waals surface area (Å²) < 4.78 is 0. The van der Waals surface area contributed by atoms with Gasteiger partial charge in [0.15, 0.2) is 0 Å². The summed E-state index contributed by atoms with van der Waals surface area (Å²) in [5.41, 5.74) is 0.538. The first-order valence-electron chi connectivity index (χ1n) is 7.29. The molecule has 0 bridgehead atoms. The molecular weight excluding hydrogens is 222 g/mol. The summed E-state index contributed by atoms with van der Waals surface area (Å²) >= 11 is 0. The molecule has 0 amide bonds. The number of benzene rings is 1. The standard InChI is InChI=1S/C16H23NO/c18-16(14-7-2-1-3-8-14)10-6-9-15(16)13-17-11-4-5-12-17/h1-3,7-8,15,18H,4-6,9-13H2. The molecule has 1 aliphatic heterocycles. The zero-order valence-electron chi connectivity index (χ0n) is 11.0. The van der Waals surface area contributed by atoms with E-state index in [-0.39, 0.29) is 0 Å². The number of hydrogen-bond donors (Lipinski definition) is 1. The molecule has 1 heterocycles. The van der Waals surface area contributed by atoms with Gasteiger partial charge < -0.3 is 10.0 Å². The molecule has 2 heteroatoms. The van der Waals surface area contributed by atoms with E-state index >= 15 is 0 Å². The average molecular weight is 245 g/mol. The van der Waals surface area contributed by atoms with E-state index in [1.807, 2.05) is 18.2 Å². The Bertz CT molecular complexity index is 385. The quantitative estimate of drug-likeness (QED) is 0.885. The van der Waals surface area contributed by atoms with Gasteiger partial charge in [-0.05, 0) is 50.8 Å². The monoisotopic (exact) mass is 245 g/mol. The molecular formula is C16H23NO. The van der Waals surface area contributed by atoms with Gasteiger partial charge in [0, 0.05) is 12.5 Å². The summed E-state index contributed by atoms with van der Waals surface area (Å²) in [6.07, 6.45) is 5.91. The molecule has 0 spiro atoms. The van der Waals surface area contributed by atoms with Gasteiger partial charge in [-0.3, -0.25) is 0 Å². The first kappa shape index (κ1) is 12.2. The van der Waals surface area contributed by atoms with Crippen LogP contribution in [-0.4, -0.2) is 29.6 Å². The average Bonchev–Trinajstić information content (AvgIpc) is 3.03. The Kier molecular flexibility index (Phi) is 3.40. The van der Waals surface area contributed by atoms with Crippen molar-refractivity contribution in [2.45, 2.75) is 37.7 Å². The van der Waals surface area contributed by atoms with E-state index in [9.17, 15) is 5.11 Å². The molecule has 2 fully saturated rings. The Morgan fingerprint density at radius 1 is 1.11 bits per heavy atom. The SMILES string of the molecule is OC1(c2ccccc2)CCCC1CN1CCCC1. The molecule has 0 aromatic heterocycles. The lowest BCUT2D eigenvalue weighted by molar-refractivity contribution is -0.0135. The third kappa shape index (κ3) is 2.19. The molecule has 1 aliphatic carbocycles. The Morgan fingerprint density at radius 3 is 2.56 bits per heavy atom. The predicted octanol–water partition coefficient (Wildman–Crippen LogP) is 2.77. The van der Waals surface area contributed by atoms with Crippen molar-refractivity contribution in [2.75, 3.05) is 19.6 Å². The van der Waals surface area contributed by atoms with Gasteiger partial charge in [0.25, 0.3) is 0 Å². The fourth-order valence-corrected chi connectivity index (χ4v) is 3.69. The van der Waals surface area contributed by atoms with Crippen LogP contribution in [0.2, 0.25) is 0 Å². The minimum Gasteiger partial charge on any atom is -0.385 e. The number of likely N-dealkylation sites (tertiary alicyclic amines) is 1. The minimum atomic E-state index is -0.580. The smallest absolute Gasteiger partial charge is 0.0936 e. The van der Waals surface area contributed by atoms with Crippen molar-refractivity contribution in [1.29, 1.82) is 0 Å². The van der Waals surface area contributed by atoms with Gasteiger partial charge in [0.2, 0.25) is 0 Å². The van der Waals surface area contributed by atoms with Crippen LogP contribution in [0.4, 0.5) is 0 Å². The van der Waals surface area contributed by atoms with E-state index in [1.165, 1.54) is 32.4 Å². The van der Waals surface area contributed by atoms with Gasteiger partial charge in [0.1, 0.15) is 0 Å². The topological polar surface area (TPSA) is 23.5 Å². The van der Waals surface area contributed by atoms with Gasteiger partial charge in [-0.25, -0.2) is 0 Å². The molecule has 1 saturated carbocycles. The van der Waals surface area contributed by atoms with Crippen LogP contribution in [0.5, 0.6) is 0 Å². The lowest BCUT2D eigenvalue weighted by Crippen LogP contribution is -2.38. The Labute approximate surface area is 110 Å². The van der Waals surface area contributed by atoms with Crippen molar-refractivity contribution in [3.63, 3.8) is 0 Å². The molecule has 18 heavy (non-hydrogen) atoms. The van der Waals surface area contributed by atoms with Crippen LogP contribution in [0.25, 0.3) is 0 Å². The van der Waals surface area contributed by atoms with Crippen LogP contribution in [0.1, 0.15) is 37.7 Å². The van der Waals surface area contributed by atoms with Crippen molar-refractivity contribution >= 4 is 0 Å². The van der Waals surface area contributed by atoms with Gasteiger partial charge in [-0.2, -0.15) is 0 Å². The number of hydrogen-bond acceptors (Lipinski definition) is 2. The minimum absolute atomic E-state index is 0.415. The van der Waals surface area contributed by atoms with E-state index in [4.69, 9.17) is 0 Å². The Balaban J connectivity index is 1.77. The van der Waals surface area contributed by atoms with E-state index in [0.29, 0.717) is 5.92 Å². The molecule has 2 nitrogen and oxygen atoms in total. The Morgan fingerprint density at radius 2 is 1.83 bits per heavy atom. The summed E-state index contributed by atoms with van der Waals surface area (Å²) in [6.45, 7) is 3.52. The van der Waals surface area contributed by atoms with Crippen LogP contribution in [0.15, 0.2) is 30.3 Å². The molecule has 0 radical (unpaired) electrons. The molecule has 98 valence electrons. The second-order valence-corrected chi connectivity index (χ2v) is 5.89. The molecule has 2 aliphatic rings. The van der Waals surface area contributed by atoms with E-state index in [2.05, 4.69) is 17.0 Å². The summed E-state index contributed by atoms with van der Waals surface area (Å²) in [4.78, 5) is 2.53. The van der Waals surface area contributed by atoms with Crippen LogP contribution >= 0.6 is 0 Å². The van der Waals surface area contributed by atoms with Crippen LogP contribution < -0.4 is 0 Å². The summed E-state index contributed by atoms with van der Waals surface area (Å²) in [6, 6.07) is 10.3. The highest BCUT2D eigenvalue weighted by molar-refractivity contribution is 5.24. The maximum Gasteiger partial charge on any atom is 0.0936 e. The molecule has 1 saturated heterocycles. The fourth-order valence-electron chi connectivity index (χ4n) is 3.69. The van der Waals surface area contributed by atoms with Crippen molar-refractivity contribution in [1.82, 2.24) is 4.90 Å². The summed E-state index contributed by atoms with van der Waals surface area (Å²) in [5, 5.41) is 11.1. The third-order valence-electron chi connectivity index (χ3n) is 4.74. The second-order valence-electron chi connectivity index (χ2n) is 5.89. The number of nitrogens with zero attached hydrogens (tertiary/aromatic N) is 1. The lowest BCUT2D eigenvalue weighted by Gasteiger charge is -2.33.